The minimum atomic E-state index is 0.540. The molecule has 4 heteroatoms. The second-order valence-corrected chi connectivity index (χ2v) is 4.26. The molecule has 0 aliphatic rings. The molecule has 0 radical (unpaired) electrons. The molecule has 0 aliphatic heterocycles. The Bertz CT molecular complexity index is 688. The maximum absolute atomic E-state index is 5.92. The summed E-state index contributed by atoms with van der Waals surface area (Å²) in [6.45, 7) is 1.94. The maximum Gasteiger partial charge on any atom is 0.144 e. The topological polar surface area (TPSA) is 30.7 Å². The average molecular weight is 244 g/mol. The van der Waals surface area contributed by atoms with Crippen molar-refractivity contribution in [2.24, 2.45) is 0 Å². The van der Waals surface area contributed by atoms with E-state index in [0.717, 1.165) is 22.3 Å². The van der Waals surface area contributed by atoms with Crippen molar-refractivity contribution in [1.82, 2.24) is 14.5 Å². The molecule has 0 aromatic carbocycles. The molecule has 3 nitrogen and oxygen atoms in total. The van der Waals surface area contributed by atoms with Crippen molar-refractivity contribution >= 4 is 22.6 Å². The number of nitrogens with zero attached hydrogens (tertiary/aromatic N) is 3. The number of fused-ring (bicyclic) bond motifs is 1. The Morgan fingerprint density at radius 1 is 1.24 bits per heavy atom. The maximum atomic E-state index is 5.92. The fraction of sp³-hybridized carbons (Fsp3) is 0.0769. The molecule has 3 aromatic rings. The third-order valence-electron chi connectivity index (χ3n) is 2.73. The highest BCUT2D eigenvalue weighted by Gasteiger charge is 2.05. The average Bonchev–Trinajstić information content (AvgIpc) is 2.76. The normalized spacial score (nSPS) is 10.9. The van der Waals surface area contributed by atoms with E-state index in [1.54, 1.807) is 12.4 Å². The van der Waals surface area contributed by atoms with Gasteiger partial charge in [0, 0.05) is 17.8 Å². The number of aromatic nitrogens is 3. The van der Waals surface area contributed by atoms with Gasteiger partial charge in [0.15, 0.2) is 0 Å². The largest absolute Gasteiger partial charge is 0.300 e. The van der Waals surface area contributed by atoms with E-state index in [4.69, 9.17) is 11.6 Å². The summed E-state index contributed by atoms with van der Waals surface area (Å²) in [6.07, 6.45) is 5.53. The van der Waals surface area contributed by atoms with Gasteiger partial charge >= 0.3 is 0 Å². The molecular formula is C13H10ClN3. The summed E-state index contributed by atoms with van der Waals surface area (Å²) in [5.74, 6) is 0. The Hall–Kier alpha value is -1.87. The lowest BCUT2D eigenvalue weighted by atomic mass is 10.3. The first-order valence-electron chi connectivity index (χ1n) is 5.30. The Labute approximate surface area is 104 Å². The van der Waals surface area contributed by atoms with Crippen LogP contribution in [0.5, 0.6) is 0 Å². The standard InChI is InChI=1S/C13H10ClN3/c1-9-7-11(8-16-12(9)14)17-6-4-10-3-2-5-15-13(10)17/h2-8H,1H3. The van der Waals surface area contributed by atoms with E-state index < -0.39 is 0 Å². The molecule has 0 N–H and O–H groups in total. The molecule has 0 aliphatic carbocycles. The molecule has 3 heterocycles. The number of aryl methyl sites for hydroxylation is 1. The molecular weight excluding hydrogens is 234 g/mol. The lowest BCUT2D eigenvalue weighted by Gasteiger charge is -2.05. The summed E-state index contributed by atoms with van der Waals surface area (Å²) in [5.41, 5.74) is 2.86. The molecule has 0 unspecified atom stereocenters. The Morgan fingerprint density at radius 3 is 2.94 bits per heavy atom. The van der Waals surface area contributed by atoms with Crippen LogP contribution in [0.4, 0.5) is 0 Å². The van der Waals surface area contributed by atoms with Crippen LogP contribution in [0.25, 0.3) is 16.7 Å². The molecule has 0 amide bonds. The first-order valence-corrected chi connectivity index (χ1v) is 5.68. The van der Waals surface area contributed by atoms with E-state index in [1.165, 1.54) is 0 Å². The molecule has 0 saturated carbocycles. The summed E-state index contributed by atoms with van der Waals surface area (Å²) in [4.78, 5) is 8.53. The van der Waals surface area contributed by atoms with Crippen LogP contribution in [-0.2, 0) is 0 Å². The molecule has 0 fully saturated rings. The van der Waals surface area contributed by atoms with E-state index in [-0.39, 0.29) is 0 Å². The van der Waals surface area contributed by atoms with Gasteiger partial charge in [-0.25, -0.2) is 9.97 Å². The van der Waals surface area contributed by atoms with Crippen molar-refractivity contribution in [3.8, 4) is 5.69 Å². The van der Waals surface area contributed by atoms with Crippen LogP contribution in [0.15, 0.2) is 42.9 Å². The zero-order valence-electron chi connectivity index (χ0n) is 9.26. The summed E-state index contributed by atoms with van der Waals surface area (Å²) in [6, 6.07) is 8.00. The van der Waals surface area contributed by atoms with Crippen LogP contribution in [0.3, 0.4) is 0 Å². The van der Waals surface area contributed by atoms with Crippen LogP contribution in [-0.4, -0.2) is 14.5 Å². The molecule has 17 heavy (non-hydrogen) atoms. The second-order valence-electron chi connectivity index (χ2n) is 3.90. The minimum Gasteiger partial charge on any atom is -0.300 e. The van der Waals surface area contributed by atoms with Crippen LogP contribution >= 0.6 is 11.6 Å². The van der Waals surface area contributed by atoms with Crippen LogP contribution in [0.1, 0.15) is 5.56 Å². The summed E-state index contributed by atoms with van der Waals surface area (Å²) < 4.78 is 2.01. The summed E-state index contributed by atoms with van der Waals surface area (Å²) in [7, 11) is 0. The highest BCUT2D eigenvalue weighted by Crippen LogP contribution is 2.20. The summed E-state index contributed by atoms with van der Waals surface area (Å²) >= 11 is 5.92. The molecule has 0 saturated heterocycles. The summed E-state index contributed by atoms with van der Waals surface area (Å²) in [5, 5.41) is 1.65. The van der Waals surface area contributed by atoms with E-state index in [9.17, 15) is 0 Å². The predicted molar refractivity (Wildman–Crippen MR) is 68.6 cm³/mol. The zero-order valence-corrected chi connectivity index (χ0v) is 10.0. The van der Waals surface area contributed by atoms with Gasteiger partial charge in [0.1, 0.15) is 10.8 Å². The van der Waals surface area contributed by atoms with Gasteiger partial charge in [-0.1, -0.05) is 11.6 Å². The third kappa shape index (κ3) is 1.68. The number of halogens is 1. The fourth-order valence-electron chi connectivity index (χ4n) is 1.85. The van der Waals surface area contributed by atoms with Gasteiger partial charge < -0.3 is 0 Å². The lowest BCUT2D eigenvalue weighted by Crippen LogP contribution is -1.95. The van der Waals surface area contributed by atoms with Gasteiger partial charge in [-0.3, -0.25) is 4.57 Å². The van der Waals surface area contributed by atoms with Crippen molar-refractivity contribution in [1.29, 1.82) is 0 Å². The van der Waals surface area contributed by atoms with Gasteiger partial charge in [0.2, 0.25) is 0 Å². The quantitative estimate of drug-likeness (QED) is 0.614. The van der Waals surface area contributed by atoms with Crippen molar-refractivity contribution < 1.29 is 0 Å². The first-order chi connectivity index (χ1) is 8.25. The van der Waals surface area contributed by atoms with E-state index in [2.05, 4.69) is 9.97 Å². The van der Waals surface area contributed by atoms with E-state index in [1.807, 2.05) is 42.0 Å². The zero-order chi connectivity index (χ0) is 11.8. The van der Waals surface area contributed by atoms with Gasteiger partial charge in [-0.05, 0) is 36.8 Å². The number of hydrogen-bond donors (Lipinski definition) is 0. The van der Waals surface area contributed by atoms with Gasteiger partial charge in [0.25, 0.3) is 0 Å². The smallest absolute Gasteiger partial charge is 0.144 e. The fourth-order valence-corrected chi connectivity index (χ4v) is 1.95. The monoisotopic (exact) mass is 243 g/mol. The van der Waals surface area contributed by atoms with E-state index in [0.29, 0.717) is 5.15 Å². The molecule has 3 rings (SSSR count). The van der Waals surface area contributed by atoms with Gasteiger partial charge in [0.05, 0.1) is 11.9 Å². The SMILES string of the molecule is Cc1cc(-n2ccc3cccnc32)cnc1Cl. The Kier molecular flexibility index (Phi) is 2.34. The van der Waals surface area contributed by atoms with Crippen molar-refractivity contribution in [3.63, 3.8) is 0 Å². The van der Waals surface area contributed by atoms with Crippen molar-refractivity contribution in [3.05, 3.63) is 53.6 Å². The van der Waals surface area contributed by atoms with Gasteiger partial charge in [-0.2, -0.15) is 0 Å². The Balaban J connectivity index is 2.24. The molecule has 84 valence electrons. The lowest BCUT2D eigenvalue weighted by molar-refractivity contribution is 1.06. The molecule has 3 aromatic heterocycles. The minimum absolute atomic E-state index is 0.540. The number of rotatable bonds is 1. The van der Waals surface area contributed by atoms with Gasteiger partial charge in [-0.15, -0.1) is 0 Å². The highest BCUT2D eigenvalue weighted by molar-refractivity contribution is 6.30. The van der Waals surface area contributed by atoms with Crippen molar-refractivity contribution in [2.45, 2.75) is 6.92 Å². The van der Waals surface area contributed by atoms with Crippen LogP contribution in [0, 0.1) is 6.92 Å². The second kappa shape index (κ2) is 3.86. The van der Waals surface area contributed by atoms with E-state index >= 15 is 0 Å². The van der Waals surface area contributed by atoms with Crippen LogP contribution < -0.4 is 0 Å². The third-order valence-corrected chi connectivity index (χ3v) is 3.12. The molecule has 0 spiro atoms. The van der Waals surface area contributed by atoms with Crippen LogP contribution in [0.2, 0.25) is 5.15 Å². The molecule has 0 atom stereocenters. The highest BCUT2D eigenvalue weighted by atomic mass is 35.5. The first kappa shape index (κ1) is 10.3. The van der Waals surface area contributed by atoms with Crippen molar-refractivity contribution in [2.75, 3.05) is 0 Å². The number of hydrogen-bond acceptors (Lipinski definition) is 2. The predicted octanol–water partition coefficient (Wildman–Crippen LogP) is 3.38. The molecule has 0 bridgehead atoms. The Morgan fingerprint density at radius 2 is 2.12 bits per heavy atom. The number of pyridine rings is 2.